The highest BCUT2D eigenvalue weighted by Gasteiger charge is 2.29. The highest BCUT2D eigenvalue weighted by molar-refractivity contribution is 5.68. The average molecular weight is 245 g/mol. The molecule has 0 radical (unpaired) electrons. The van der Waals surface area contributed by atoms with Crippen LogP contribution in [0.3, 0.4) is 0 Å². The van der Waals surface area contributed by atoms with Crippen LogP contribution < -0.4 is 0 Å². The molecule has 4 nitrogen and oxygen atoms in total. The predicted molar refractivity (Wildman–Crippen MR) is 68.9 cm³/mol. The Morgan fingerprint density at radius 1 is 1.24 bits per heavy atom. The van der Waals surface area contributed by atoms with Gasteiger partial charge in [0.25, 0.3) is 0 Å². The van der Waals surface area contributed by atoms with Gasteiger partial charge in [-0.3, -0.25) is 0 Å². The summed E-state index contributed by atoms with van der Waals surface area (Å²) in [5.41, 5.74) is -0.539. The molecule has 0 saturated heterocycles. The summed E-state index contributed by atoms with van der Waals surface area (Å²) in [6.07, 6.45) is -0.367. The van der Waals surface area contributed by atoms with E-state index in [0.717, 1.165) is 0 Å². The Balaban J connectivity index is 4.75. The van der Waals surface area contributed by atoms with Crippen molar-refractivity contribution in [1.29, 1.82) is 0 Å². The van der Waals surface area contributed by atoms with Crippen molar-refractivity contribution >= 4 is 6.09 Å². The molecule has 0 aliphatic carbocycles. The molecule has 0 rings (SSSR count). The van der Waals surface area contributed by atoms with Crippen molar-refractivity contribution < 1.29 is 14.6 Å². The molecule has 0 aliphatic rings. The van der Waals surface area contributed by atoms with Crippen molar-refractivity contribution in [2.75, 3.05) is 13.2 Å². The van der Waals surface area contributed by atoms with Gasteiger partial charge in [-0.25, -0.2) is 4.79 Å². The first-order valence-electron chi connectivity index (χ1n) is 6.07. The van der Waals surface area contributed by atoms with Crippen LogP contribution in [0.5, 0.6) is 0 Å². The molecule has 1 amide bonds. The molecule has 1 atom stereocenters. The maximum absolute atomic E-state index is 12.0. The van der Waals surface area contributed by atoms with Gasteiger partial charge in [-0.1, -0.05) is 20.8 Å². The molecule has 0 fully saturated rings. The first-order valence-corrected chi connectivity index (χ1v) is 6.07. The summed E-state index contributed by atoms with van der Waals surface area (Å²) in [4.78, 5) is 13.6. The molecule has 1 unspecified atom stereocenters. The number of hydrogen-bond donors (Lipinski definition) is 1. The summed E-state index contributed by atoms with van der Waals surface area (Å²) in [5.74, 6) is 0. The summed E-state index contributed by atoms with van der Waals surface area (Å²) in [6, 6.07) is -0.232. The molecular formula is C13H27NO3. The molecule has 0 heterocycles. The molecule has 0 saturated carbocycles. The van der Waals surface area contributed by atoms with Gasteiger partial charge in [0.1, 0.15) is 5.60 Å². The molecule has 0 aromatic carbocycles. The van der Waals surface area contributed by atoms with Gasteiger partial charge in [-0.15, -0.1) is 0 Å². The number of carbonyl (C=O) groups excluding carboxylic acids is 1. The third-order valence-electron chi connectivity index (χ3n) is 2.07. The SMILES string of the molecule is CC(CO)N(CC(C)(C)C)C(=O)OC(C)(C)C. The second-order valence-corrected chi connectivity index (χ2v) is 6.70. The summed E-state index contributed by atoms with van der Waals surface area (Å²) in [5, 5.41) is 9.20. The van der Waals surface area contributed by atoms with Crippen molar-refractivity contribution in [2.45, 2.75) is 60.1 Å². The van der Waals surface area contributed by atoms with E-state index in [1.807, 2.05) is 27.7 Å². The smallest absolute Gasteiger partial charge is 0.410 e. The number of hydrogen-bond acceptors (Lipinski definition) is 3. The number of aliphatic hydroxyl groups is 1. The molecule has 4 heteroatoms. The molecule has 0 aromatic rings. The predicted octanol–water partition coefficient (Wildman–Crippen LogP) is 2.65. The van der Waals surface area contributed by atoms with E-state index in [0.29, 0.717) is 6.54 Å². The normalized spacial score (nSPS) is 14.4. The van der Waals surface area contributed by atoms with Crippen molar-refractivity contribution in [2.24, 2.45) is 5.41 Å². The van der Waals surface area contributed by atoms with Gasteiger partial charge in [0.2, 0.25) is 0 Å². The highest BCUT2D eigenvalue weighted by Crippen LogP contribution is 2.19. The van der Waals surface area contributed by atoms with Gasteiger partial charge < -0.3 is 14.7 Å². The van der Waals surface area contributed by atoms with Crippen LogP contribution in [0, 0.1) is 5.41 Å². The molecule has 102 valence electrons. The largest absolute Gasteiger partial charge is 0.444 e. The summed E-state index contributed by atoms with van der Waals surface area (Å²) < 4.78 is 5.34. The van der Waals surface area contributed by atoms with Crippen molar-refractivity contribution in [3.63, 3.8) is 0 Å². The summed E-state index contributed by atoms with van der Waals surface area (Å²) in [7, 11) is 0. The van der Waals surface area contributed by atoms with Crippen LogP contribution in [-0.2, 0) is 4.74 Å². The van der Waals surface area contributed by atoms with E-state index in [2.05, 4.69) is 20.8 Å². The molecule has 0 aliphatic heterocycles. The van der Waals surface area contributed by atoms with Gasteiger partial charge >= 0.3 is 6.09 Å². The first-order chi connectivity index (χ1) is 7.46. The van der Waals surface area contributed by atoms with E-state index >= 15 is 0 Å². The Labute approximate surface area is 105 Å². The van der Waals surface area contributed by atoms with Crippen LogP contribution in [0.2, 0.25) is 0 Å². The second kappa shape index (κ2) is 5.71. The standard InChI is InChI=1S/C13H27NO3/c1-10(8-15)14(9-12(2,3)4)11(16)17-13(5,6)7/h10,15H,8-9H2,1-7H3. The van der Waals surface area contributed by atoms with Crippen LogP contribution in [-0.4, -0.2) is 40.9 Å². The van der Waals surface area contributed by atoms with E-state index in [9.17, 15) is 9.90 Å². The fourth-order valence-corrected chi connectivity index (χ4v) is 1.33. The lowest BCUT2D eigenvalue weighted by Gasteiger charge is -2.35. The summed E-state index contributed by atoms with van der Waals surface area (Å²) in [6.45, 7) is 14.0. The number of aliphatic hydroxyl groups excluding tert-OH is 1. The van der Waals surface area contributed by atoms with E-state index < -0.39 is 5.60 Å². The van der Waals surface area contributed by atoms with Crippen molar-refractivity contribution in [3.05, 3.63) is 0 Å². The lowest BCUT2D eigenvalue weighted by Crippen LogP contribution is -2.47. The monoisotopic (exact) mass is 245 g/mol. The Bertz CT molecular complexity index is 250. The Morgan fingerprint density at radius 2 is 1.71 bits per heavy atom. The fourth-order valence-electron chi connectivity index (χ4n) is 1.33. The molecule has 1 N–H and O–H groups in total. The summed E-state index contributed by atoms with van der Waals surface area (Å²) >= 11 is 0. The van der Waals surface area contributed by atoms with Gasteiger partial charge in [0.05, 0.1) is 12.6 Å². The number of amides is 1. The zero-order valence-corrected chi connectivity index (χ0v) is 12.2. The van der Waals surface area contributed by atoms with E-state index in [1.165, 1.54) is 0 Å². The minimum Gasteiger partial charge on any atom is -0.444 e. The maximum Gasteiger partial charge on any atom is 0.410 e. The molecule has 0 bridgehead atoms. The molecule has 0 aromatic heterocycles. The lowest BCUT2D eigenvalue weighted by atomic mass is 9.95. The number of rotatable bonds is 3. The lowest BCUT2D eigenvalue weighted by molar-refractivity contribution is 0.00367. The zero-order valence-electron chi connectivity index (χ0n) is 12.2. The quantitative estimate of drug-likeness (QED) is 0.831. The van der Waals surface area contributed by atoms with E-state index in [4.69, 9.17) is 4.74 Å². The average Bonchev–Trinajstić information content (AvgIpc) is 2.08. The van der Waals surface area contributed by atoms with Crippen LogP contribution in [0.15, 0.2) is 0 Å². The van der Waals surface area contributed by atoms with Gasteiger partial charge in [-0.2, -0.15) is 0 Å². The van der Waals surface area contributed by atoms with Gasteiger partial charge in [-0.05, 0) is 33.1 Å². The zero-order chi connectivity index (χ0) is 13.9. The van der Waals surface area contributed by atoms with Gasteiger partial charge in [0.15, 0.2) is 0 Å². The van der Waals surface area contributed by atoms with E-state index in [-0.39, 0.29) is 24.2 Å². The molecule has 17 heavy (non-hydrogen) atoms. The number of nitrogens with zero attached hydrogens (tertiary/aromatic N) is 1. The maximum atomic E-state index is 12.0. The third-order valence-corrected chi connectivity index (χ3v) is 2.07. The first kappa shape index (κ1) is 16.2. The minimum absolute atomic E-state index is 0.0274. The van der Waals surface area contributed by atoms with Gasteiger partial charge in [0, 0.05) is 6.54 Å². The number of carbonyl (C=O) groups is 1. The second-order valence-electron chi connectivity index (χ2n) is 6.70. The Morgan fingerprint density at radius 3 is 2.00 bits per heavy atom. The third kappa shape index (κ3) is 7.21. The van der Waals surface area contributed by atoms with Crippen LogP contribution in [0.25, 0.3) is 0 Å². The minimum atomic E-state index is -0.512. The highest BCUT2D eigenvalue weighted by atomic mass is 16.6. The Kier molecular flexibility index (Phi) is 5.46. The topological polar surface area (TPSA) is 49.8 Å². The van der Waals surface area contributed by atoms with Crippen LogP contribution in [0.4, 0.5) is 4.79 Å². The van der Waals surface area contributed by atoms with Crippen molar-refractivity contribution in [1.82, 2.24) is 4.90 Å². The van der Waals surface area contributed by atoms with E-state index in [1.54, 1.807) is 4.90 Å². The molecular weight excluding hydrogens is 218 g/mol. The van der Waals surface area contributed by atoms with Crippen molar-refractivity contribution in [3.8, 4) is 0 Å². The fraction of sp³-hybridized carbons (Fsp3) is 0.923. The number of ether oxygens (including phenoxy) is 1. The molecule has 0 spiro atoms. The van der Waals surface area contributed by atoms with Crippen LogP contribution in [0.1, 0.15) is 48.5 Å². The Hall–Kier alpha value is -0.770. The van der Waals surface area contributed by atoms with Crippen LogP contribution >= 0.6 is 0 Å².